The summed E-state index contributed by atoms with van der Waals surface area (Å²) in [5, 5.41) is 0. The van der Waals surface area contributed by atoms with Crippen molar-refractivity contribution in [3.63, 3.8) is 0 Å². The largest absolute Gasteiger partial charge is 0.326 e. The fourth-order valence-corrected chi connectivity index (χ4v) is 9.16. The summed E-state index contributed by atoms with van der Waals surface area (Å²) in [5.41, 5.74) is 0. The van der Waals surface area contributed by atoms with E-state index in [0.29, 0.717) is 0 Å². The van der Waals surface area contributed by atoms with Crippen LogP contribution in [0.15, 0.2) is 12.2 Å². The summed E-state index contributed by atoms with van der Waals surface area (Å²) < 4.78 is 2.79. The Hall–Kier alpha value is -0.340. The molecule has 4 fully saturated rings. The van der Waals surface area contributed by atoms with Crippen molar-refractivity contribution in [2.45, 2.75) is 128 Å². The second-order valence-electron chi connectivity index (χ2n) is 14.6. The van der Waals surface area contributed by atoms with Crippen LogP contribution in [-0.4, -0.2) is 62.3 Å². The summed E-state index contributed by atoms with van der Waals surface area (Å²) in [7, 11) is 5.31. The first-order valence-corrected chi connectivity index (χ1v) is 16.9. The number of allylic oxidation sites excluding steroid dienone is 2. The third-order valence-corrected chi connectivity index (χ3v) is 11.1. The quantitative estimate of drug-likeness (QED) is 0.230. The van der Waals surface area contributed by atoms with Gasteiger partial charge in [-0.1, -0.05) is 69.9 Å². The number of fused-ring (bicyclic) bond motifs is 11. The van der Waals surface area contributed by atoms with E-state index in [1.165, 1.54) is 170 Å². The Kier molecular flexibility index (Phi) is 11.7. The normalized spacial score (nSPS) is 41.9. The highest BCUT2D eigenvalue weighted by molar-refractivity contribution is 4.86. The molecule has 0 aromatic heterocycles. The Balaban J connectivity index is 1.53. The van der Waals surface area contributed by atoms with Crippen molar-refractivity contribution in [1.82, 2.24) is 0 Å². The fraction of sp³-hybridized carbons (Fsp3) is 0.941. The minimum atomic E-state index is 0.993. The van der Waals surface area contributed by atoms with Crippen LogP contribution < -0.4 is 0 Å². The molecule has 0 aromatic rings. The summed E-state index contributed by atoms with van der Waals surface area (Å²) in [6, 6.07) is 0. The average molecular weight is 501 g/mol. The molecule has 6 atom stereocenters. The second-order valence-corrected chi connectivity index (χ2v) is 14.6. The molecule has 208 valence electrons. The predicted molar refractivity (Wildman–Crippen MR) is 157 cm³/mol. The Morgan fingerprint density at radius 3 is 1.81 bits per heavy atom. The van der Waals surface area contributed by atoms with Crippen molar-refractivity contribution in [2.24, 2.45) is 23.7 Å². The van der Waals surface area contributed by atoms with Gasteiger partial charge in [0.05, 0.1) is 53.4 Å². The summed E-state index contributed by atoms with van der Waals surface area (Å²) in [6.07, 6.45) is 34.4. The monoisotopic (exact) mass is 501 g/mol. The first-order valence-electron chi connectivity index (χ1n) is 16.9. The van der Waals surface area contributed by atoms with Crippen molar-refractivity contribution < 1.29 is 8.97 Å². The van der Waals surface area contributed by atoms with Crippen LogP contribution in [-0.2, 0) is 0 Å². The Bertz CT molecular complexity index is 643. The van der Waals surface area contributed by atoms with Crippen LogP contribution >= 0.6 is 0 Å². The fourth-order valence-electron chi connectivity index (χ4n) is 9.16. The molecule has 5 rings (SSSR count). The van der Waals surface area contributed by atoms with Gasteiger partial charge in [-0.25, -0.2) is 0 Å². The summed E-state index contributed by atoms with van der Waals surface area (Å²) >= 11 is 0. The maximum atomic E-state index is 2.67. The highest BCUT2D eigenvalue weighted by atomic mass is 15.3. The lowest BCUT2D eigenvalue weighted by atomic mass is 9.68. The van der Waals surface area contributed by atoms with Crippen LogP contribution in [0.2, 0.25) is 0 Å². The van der Waals surface area contributed by atoms with Gasteiger partial charge in [0.1, 0.15) is 0 Å². The standard InChI is InChI=1S/C34H64N2/c1-35-24-19-15-11-8-6-9-13-17-21-31-27-33-30-36(2,28-31)25-20-16-12-7-4-3-5-10-14-18-22-32(29-35)34(33)23-26-35/h4,7,31-34H,3,5-6,8-30H2,1-2H3/q+2/b7-4-/t31-,32+,33+,34-,35?,36?/m0/s1. The third kappa shape index (κ3) is 9.14. The van der Waals surface area contributed by atoms with Crippen molar-refractivity contribution in [3.05, 3.63) is 12.2 Å². The van der Waals surface area contributed by atoms with Gasteiger partial charge in [-0.15, -0.1) is 0 Å². The SMILES string of the molecule is C[N+]12CCCCCCCCCC[C@H]3C[C@@H]4C[N+](C)(CCCC/C=C\CCCCCC[C@H](C1)[C@@H]4CC2)C3. The van der Waals surface area contributed by atoms with Crippen LogP contribution in [0.5, 0.6) is 0 Å². The second kappa shape index (κ2) is 14.7. The molecule has 36 heavy (non-hydrogen) atoms. The maximum absolute atomic E-state index is 2.67. The van der Waals surface area contributed by atoms with Gasteiger partial charge in [-0.05, 0) is 70.1 Å². The van der Waals surface area contributed by atoms with E-state index in [1.807, 2.05) is 0 Å². The van der Waals surface area contributed by atoms with Crippen LogP contribution in [0.1, 0.15) is 128 Å². The zero-order valence-corrected chi connectivity index (χ0v) is 24.7. The van der Waals surface area contributed by atoms with E-state index in [2.05, 4.69) is 26.2 Å². The van der Waals surface area contributed by atoms with Crippen LogP contribution in [0.3, 0.4) is 0 Å². The van der Waals surface area contributed by atoms with E-state index >= 15 is 0 Å². The highest BCUT2D eigenvalue weighted by Gasteiger charge is 2.46. The highest BCUT2D eigenvalue weighted by Crippen LogP contribution is 2.43. The van der Waals surface area contributed by atoms with Gasteiger partial charge in [0.15, 0.2) is 0 Å². The van der Waals surface area contributed by atoms with E-state index < -0.39 is 0 Å². The molecule has 0 amide bonds. The van der Waals surface area contributed by atoms with Crippen LogP contribution in [0, 0.1) is 23.7 Å². The van der Waals surface area contributed by atoms with Gasteiger partial charge < -0.3 is 8.97 Å². The molecule has 4 saturated heterocycles. The smallest absolute Gasteiger partial charge is 0.0816 e. The summed E-state index contributed by atoms with van der Waals surface area (Å²) in [6.45, 7) is 8.84. The minimum Gasteiger partial charge on any atom is -0.326 e. The lowest BCUT2D eigenvalue weighted by Crippen LogP contribution is -2.60. The van der Waals surface area contributed by atoms with Crippen molar-refractivity contribution in [3.8, 4) is 0 Å². The number of rotatable bonds is 0. The predicted octanol–water partition coefficient (Wildman–Crippen LogP) is 8.76. The van der Waals surface area contributed by atoms with E-state index in [9.17, 15) is 0 Å². The number of nitrogens with zero attached hydrogens (tertiary/aromatic N) is 2. The van der Waals surface area contributed by atoms with E-state index in [0.717, 1.165) is 23.7 Å². The van der Waals surface area contributed by atoms with Crippen LogP contribution in [0.4, 0.5) is 0 Å². The van der Waals surface area contributed by atoms with E-state index in [1.54, 1.807) is 6.42 Å². The minimum absolute atomic E-state index is 0.993. The van der Waals surface area contributed by atoms with Gasteiger partial charge in [-0.3, -0.25) is 0 Å². The summed E-state index contributed by atoms with van der Waals surface area (Å²) in [4.78, 5) is 0. The Morgan fingerprint density at radius 1 is 0.472 bits per heavy atom. The van der Waals surface area contributed by atoms with E-state index in [4.69, 9.17) is 0 Å². The average Bonchev–Trinajstić information content (AvgIpc) is 2.85. The molecule has 0 radical (unpaired) electrons. The molecule has 5 aliphatic heterocycles. The molecule has 0 N–H and O–H groups in total. The van der Waals surface area contributed by atoms with Crippen molar-refractivity contribution >= 4 is 0 Å². The molecule has 0 saturated carbocycles. The van der Waals surface area contributed by atoms with Crippen LogP contribution in [0.25, 0.3) is 0 Å². The lowest BCUT2D eigenvalue weighted by molar-refractivity contribution is -0.927. The number of piperidine rings is 2. The first kappa shape index (κ1) is 28.7. The van der Waals surface area contributed by atoms with Gasteiger partial charge in [-0.2, -0.15) is 0 Å². The number of hydrogen-bond donors (Lipinski definition) is 0. The zero-order chi connectivity index (χ0) is 25.1. The molecule has 0 spiro atoms. The zero-order valence-electron chi connectivity index (χ0n) is 24.7. The number of hydrogen-bond acceptors (Lipinski definition) is 0. The molecule has 5 heterocycles. The first-order chi connectivity index (χ1) is 17.6. The third-order valence-electron chi connectivity index (χ3n) is 11.1. The van der Waals surface area contributed by atoms with Gasteiger partial charge >= 0.3 is 0 Å². The Morgan fingerprint density at radius 2 is 1.03 bits per heavy atom. The van der Waals surface area contributed by atoms with Gasteiger partial charge in [0.2, 0.25) is 0 Å². The van der Waals surface area contributed by atoms with Gasteiger partial charge in [0, 0.05) is 24.2 Å². The Labute approximate surface area is 226 Å². The molecule has 2 unspecified atom stereocenters. The molecule has 2 heteroatoms. The lowest BCUT2D eigenvalue weighted by Gasteiger charge is -2.52. The molecule has 5 aliphatic rings. The van der Waals surface area contributed by atoms with Gasteiger partial charge in [0.25, 0.3) is 0 Å². The maximum Gasteiger partial charge on any atom is 0.0816 e. The molecule has 0 aromatic carbocycles. The molecular weight excluding hydrogens is 436 g/mol. The molecular formula is C34H64N2+2. The van der Waals surface area contributed by atoms with Crippen molar-refractivity contribution in [1.29, 1.82) is 0 Å². The molecule has 2 nitrogen and oxygen atoms in total. The molecule has 6 bridgehead atoms. The summed E-state index contributed by atoms with van der Waals surface area (Å²) in [5.74, 6) is 4.00. The van der Waals surface area contributed by atoms with E-state index in [-0.39, 0.29) is 0 Å². The number of quaternary nitrogens is 2. The van der Waals surface area contributed by atoms with Crippen molar-refractivity contribution in [2.75, 3.05) is 53.4 Å². The topological polar surface area (TPSA) is 0 Å². The molecule has 0 aliphatic carbocycles.